The fourth-order valence-electron chi connectivity index (χ4n) is 0.856. The third kappa shape index (κ3) is 1.26. The van der Waals surface area contributed by atoms with Gasteiger partial charge in [0.05, 0.1) is 12.0 Å². The lowest BCUT2D eigenvalue weighted by molar-refractivity contribution is -0.132. The summed E-state index contributed by atoms with van der Waals surface area (Å²) in [6.45, 7) is -0.289. The fourth-order valence-corrected chi connectivity index (χ4v) is 1.12. The molecule has 0 aromatic rings. The molecule has 1 saturated heterocycles. The molecule has 1 fully saturated rings. The van der Waals surface area contributed by atoms with Gasteiger partial charge in [-0.1, -0.05) is 0 Å². The van der Waals surface area contributed by atoms with E-state index < -0.39 is 23.9 Å². The van der Waals surface area contributed by atoms with Gasteiger partial charge in [0.15, 0.2) is 6.29 Å². The molecular weight excluding hydrogens is 160 g/mol. The molecule has 1 aliphatic heterocycles. The number of hydrogen-bond donors (Lipinski definition) is 3. The van der Waals surface area contributed by atoms with E-state index in [-0.39, 0.29) is 6.61 Å². The maximum atomic E-state index is 8.95. The first-order valence-corrected chi connectivity index (χ1v) is 3.37. The molecule has 5 heteroatoms. The van der Waals surface area contributed by atoms with Gasteiger partial charge in [-0.05, 0) is 0 Å². The van der Waals surface area contributed by atoms with Gasteiger partial charge >= 0.3 is 0 Å². The molecular formula is C5H9ClO4. The van der Waals surface area contributed by atoms with Gasteiger partial charge in [-0.15, -0.1) is 11.6 Å². The van der Waals surface area contributed by atoms with E-state index in [0.29, 0.717) is 0 Å². The SMILES string of the molecule is OC[C@@H]1OC(O)[C@H](O)[C@H]1Cl. The predicted octanol–water partition coefficient (Wildman–Crippen LogP) is -1.34. The standard InChI is InChI=1S/C5H9ClO4/c6-3-2(1-7)10-5(9)4(3)8/h2-5,7-9H,1H2/t2-,3-,4+,5?/m0/s1. The van der Waals surface area contributed by atoms with Crippen molar-refractivity contribution < 1.29 is 20.1 Å². The zero-order valence-corrected chi connectivity index (χ0v) is 5.90. The molecule has 4 atom stereocenters. The van der Waals surface area contributed by atoms with Crippen molar-refractivity contribution in [1.29, 1.82) is 0 Å². The summed E-state index contributed by atoms with van der Waals surface area (Å²) in [5.74, 6) is 0. The summed E-state index contributed by atoms with van der Waals surface area (Å²) in [5, 5.41) is 25.6. The number of aliphatic hydroxyl groups is 3. The second-order valence-electron chi connectivity index (χ2n) is 2.18. The van der Waals surface area contributed by atoms with Gasteiger partial charge in [-0.2, -0.15) is 0 Å². The van der Waals surface area contributed by atoms with Gasteiger partial charge in [-0.25, -0.2) is 0 Å². The lowest BCUT2D eigenvalue weighted by atomic mass is 10.2. The van der Waals surface area contributed by atoms with Crippen molar-refractivity contribution in [3.05, 3.63) is 0 Å². The molecule has 4 nitrogen and oxygen atoms in total. The highest BCUT2D eigenvalue weighted by atomic mass is 35.5. The predicted molar refractivity (Wildman–Crippen MR) is 33.6 cm³/mol. The van der Waals surface area contributed by atoms with Crippen LogP contribution in [0.4, 0.5) is 0 Å². The summed E-state index contributed by atoms with van der Waals surface area (Å²) < 4.78 is 4.66. The van der Waals surface area contributed by atoms with E-state index in [1.165, 1.54) is 0 Å². The smallest absolute Gasteiger partial charge is 0.182 e. The molecule has 1 heterocycles. The van der Waals surface area contributed by atoms with Crippen LogP contribution in [-0.2, 0) is 4.74 Å². The van der Waals surface area contributed by atoms with Crippen molar-refractivity contribution in [2.75, 3.05) is 6.61 Å². The minimum absolute atomic E-state index is 0.289. The second-order valence-corrected chi connectivity index (χ2v) is 2.69. The van der Waals surface area contributed by atoms with E-state index in [0.717, 1.165) is 0 Å². The van der Waals surface area contributed by atoms with Crippen LogP contribution >= 0.6 is 11.6 Å². The number of aliphatic hydroxyl groups excluding tert-OH is 3. The van der Waals surface area contributed by atoms with Gasteiger partial charge < -0.3 is 20.1 Å². The summed E-state index contributed by atoms with van der Waals surface area (Å²) in [7, 11) is 0. The van der Waals surface area contributed by atoms with Crippen LogP contribution in [0.2, 0.25) is 0 Å². The Morgan fingerprint density at radius 1 is 1.40 bits per heavy atom. The molecule has 1 unspecified atom stereocenters. The minimum atomic E-state index is -1.26. The van der Waals surface area contributed by atoms with Crippen molar-refractivity contribution in [2.24, 2.45) is 0 Å². The van der Waals surface area contributed by atoms with Gasteiger partial charge in [0.2, 0.25) is 0 Å². The quantitative estimate of drug-likeness (QED) is 0.424. The molecule has 0 spiro atoms. The molecule has 1 rings (SSSR count). The van der Waals surface area contributed by atoms with Crippen molar-refractivity contribution in [3.63, 3.8) is 0 Å². The summed E-state index contributed by atoms with van der Waals surface area (Å²) in [6, 6.07) is 0. The molecule has 1 aliphatic rings. The minimum Gasteiger partial charge on any atom is -0.394 e. The monoisotopic (exact) mass is 168 g/mol. The Kier molecular flexibility index (Phi) is 2.49. The van der Waals surface area contributed by atoms with Gasteiger partial charge in [0.25, 0.3) is 0 Å². The third-order valence-electron chi connectivity index (χ3n) is 1.47. The van der Waals surface area contributed by atoms with E-state index in [9.17, 15) is 0 Å². The van der Waals surface area contributed by atoms with Crippen LogP contribution in [0.25, 0.3) is 0 Å². The largest absolute Gasteiger partial charge is 0.394 e. The van der Waals surface area contributed by atoms with Gasteiger partial charge in [-0.3, -0.25) is 0 Å². The number of halogens is 1. The van der Waals surface area contributed by atoms with Crippen molar-refractivity contribution in [3.8, 4) is 0 Å². The highest BCUT2D eigenvalue weighted by Gasteiger charge is 2.41. The van der Waals surface area contributed by atoms with E-state index >= 15 is 0 Å². The third-order valence-corrected chi connectivity index (χ3v) is 2.01. The first-order valence-electron chi connectivity index (χ1n) is 2.93. The molecule has 3 N–H and O–H groups in total. The summed E-state index contributed by atoms with van der Waals surface area (Å²) in [6.07, 6.45) is -3.02. The maximum absolute atomic E-state index is 8.95. The van der Waals surface area contributed by atoms with Crippen LogP contribution in [0.1, 0.15) is 0 Å². The summed E-state index contributed by atoms with van der Waals surface area (Å²) in [5.41, 5.74) is 0. The summed E-state index contributed by atoms with van der Waals surface area (Å²) >= 11 is 5.53. The van der Waals surface area contributed by atoms with Gasteiger partial charge in [0.1, 0.15) is 12.2 Å². The molecule has 0 bridgehead atoms. The summed E-state index contributed by atoms with van der Waals surface area (Å²) in [4.78, 5) is 0. The molecule has 0 aliphatic carbocycles. The highest BCUT2D eigenvalue weighted by Crippen LogP contribution is 2.23. The van der Waals surface area contributed by atoms with Gasteiger partial charge in [0, 0.05) is 0 Å². The topological polar surface area (TPSA) is 69.9 Å². The molecule has 0 radical (unpaired) electrons. The first kappa shape index (κ1) is 8.23. The van der Waals surface area contributed by atoms with E-state index in [2.05, 4.69) is 4.74 Å². The fraction of sp³-hybridized carbons (Fsp3) is 1.00. The van der Waals surface area contributed by atoms with E-state index in [1.807, 2.05) is 0 Å². The molecule has 0 amide bonds. The number of ether oxygens (including phenoxy) is 1. The lowest BCUT2D eigenvalue weighted by Crippen LogP contribution is -2.29. The first-order chi connectivity index (χ1) is 4.66. The average molecular weight is 169 g/mol. The van der Waals surface area contributed by atoms with Crippen LogP contribution in [0, 0.1) is 0 Å². The van der Waals surface area contributed by atoms with Crippen LogP contribution in [0.5, 0.6) is 0 Å². The number of hydrogen-bond acceptors (Lipinski definition) is 4. The Morgan fingerprint density at radius 2 is 2.00 bits per heavy atom. The highest BCUT2D eigenvalue weighted by molar-refractivity contribution is 6.21. The molecule has 10 heavy (non-hydrogen) atoms. The Bertz CT molecular complexity index is 120. The van der Waals surface area contributed by atoms with Crippen LogP contribution in [0.3, 0.4) is 0 Å². The average Bonchev–Trinajstić information content (AvgIpc) is 2.17. The van der Waals surface area contributed by atoms with Crippen LogP contribution in [0.15, 0.2) is 0 Å². The molecule has 0 aromatic carbocycles. The Hall–Kier alpha value is 0.130. The van der Waals surface area contributed by atoms with E-state index in [1.54, 1.807) is 0 Å². The van der Waals surface area contributed by atoms with Crippen LogP contribution in [-0.4, -0.2) is 45.8 Å². The second kappa shape index (κ2) is 3.02. The Balaban J connectivity index is 2.53. The lowest BCUT2D eigenvalue weighted by Gasteiger charge is -2.08. The number of rotatable bonds is 1. The van der Waals surface area contributed by atoms with Crippen molar-refractivity contribution >= 4 is 11.6 Å². The maximum Gasteiger partial charge on any atom is 0.182 e. The Morgan fingerprint density at radius 3 is 2.20 bits per heavy atom. The Labute approximate surface area is 63.0 Å². The zero-order chi connectivity index (χ0) is 7.72. The van der Waals surface area contributed by atoms with Crippen LogP contribution < -0.4 is 0 Å². The number of alkyl halides is 1. The van der Waals surface area contributed by atoms with Crippen molar-refractivity contribution in [1.82, 2.24) is 0 Å². The van der Waals surface area contributed by atoms with E-state index in [4.69, 9.17) is 26.9 Å². The normalized spacial score (nSPS) is 48.0. The van der Waals surface area contributed by atoms with Crippen molar-refractivity contribution in [2.45, 2.75) is 23.9 Å². The molecule has 0 saturated carbocycles. The molecule has 0 aromatic heterocycles. The molecule has 60 valence electrons. The zero-order valence-electron chi connectivity index (χ0n) is 5.14.